The number of thiol groups is 1. The summed E-state index contributed by atoms with van der Waals surface area (Å²) in [6.07, 6.45) is 5.80. The van der Waals surface area contributed by atoms with E-state index in [1.54, 1.807) is 6.20 Å². The largest absolute Gasteiger partial charge is 0.307 e. The summed E-state index contributed by atoms with van der Waals surface area (Å²) in [6, 6.07) is 4.07. The number of fused-ring (bicyclic) bond motifs is 1. The van der Waals surface area contributed by atoms with Gasteiger partial charge in [0.1, 0.15) is 5.65 Å². The van der Waals surface area contributed by atoms with Gasteiger partial charge in [0.2, 0.25) is 0 Å². The number of imidazole rings is 1. The molecule has 3 heteroatoms. The molecule has 68 valence electrons. The number of rotatable bonds is 1. The average Bonchev–Trinajstić information content (AvgIpc) is 2.47. The van der Waals surface area contributed by atoms with Crippen LogP contribution in [0.5, 0.6) is 0 Å². The van der Waals surface area contributed by atoms with E-state index < -0.39 is 0 Å². The van der Waals surface area contributed by atoms with Crippen LogP contribution in [0.3, 0.4) is 0 Å². The number of hydrogen-bond acceptors (Lipinski definition) is 2. The van der Waals surface area contributed by atoms with E-state index >= 15 is 0 Å². The van der Waals surface area contributed by atoms with Gasteiger partial charge in [0.15, 0.2) is 0 Å². The van der Waals surface area contributed by atoms with Crippen LogP contribution in [-0.2, 0) is 4.75 Å². The van der Waals surface area contributed by atoms with Gasteiger partial charge in [-0.1, -0.05) is 6.07 Å². The lowest BCUT2D eigenvalue weighted by atomic mass is 10.1. The summed E-state index contributed by atoms with van der Waals surface area (Å²) in [7, 11) is 0. The molecule has 0 aliphatic heterocycles. The van der Waals surface area contributed by atoms with E-state index in [4.69, 9.17) is 0 Å². The van der Waals surface area contributed by atoms with Gasteiger partial charge in [-0.15, -0.1) is 0 Å². The lowest BCUT2D eigenvalue weighted by Crippen LogP contribution is -2.08. The monoisotopic (exact) mass is 192 g/mol. The minimum absolute atomic E-state index is 0.0987. The van der Waals surface area contributed by atoms with Gasteiger partial charge in [0.25, 0.3) is 0 Å². The second-order valence-electron chi connectivity index (χ2n) is 3.67. The van der Waals surface area contributed by atoms with Crippen LogP contribution < -0.4 is 0 Å². The fraction of sp³-hybridized carbons (Fsp3) is 0.300. The fourth-order valence-corrected chi connectivity index (χ4v) is 1.41. The van der Waals surface area contributed by atoms with Crippen molar-refractivity contribution < 1.29 is 0 Å². The zero-order valence-electron chi connectivity index (χ0n) is 7.73. The minimum Gasteiger partial charge on any atom is -0.307 e. The number of pyridine rings is 1. The first kappa shape index (κ1) is 8.63. The van der Waals surface area contributed by atoms with Crippen molar-refractivity contribution in [3.63, 3.8) is 0 Å². The van der Waals surface area contributed by atoms with Crippen molar-refractivity contribution in [3.05, 3.63) is 36.3 Å². The molecule has 0 saturated heterocycles. The average molecular weight is 192 g/mol. The molecule has 2 aromatic rings. The van der Waals surface area contributed by atoms with E-state index in [9.17, 15) is 0 Å². The second kappa shape index (κ2) is 2.77. The summed E-state index contributed by atoms with van der Waals surface area (Å²) >= 11 is 4.52. The van der Waals surface area contributed by atoms with E-state index in [0.717, 1.165) is 5.65 Å². The second-order valence-corrected chi connectivity index (χ2v) is 4.79. The first-order valence-corrected chi connectivity index (χ1v) is 4.68. The van der Waals surface area contributed by atoms with Crippen LogP contribution in [0.4, 0.5) is 0 Å². The van der Waals surface area contributed by atoms with Gasteiger partial charge in [0, 0.05) is 23.3 Å². The molecule has 13 heavy (non-hydrogen) atoms. The lowest BCUT2D eigenvalue weighted by molar-refractivity contribution is 0.782. The third kappa shape index (κ3) is 1.56. The topological polar surface area (TPSA) is 17.3 Å². The normalized spacial score (nSPS) is 12.2. The summed E-state index contributed by atoms with van der Waals surface area (Å²) in [5, 5.41) is 0. The Morgan fingerprint density at radius 2 is 2.15 bits per heavy atom. The molecule has 0 aliphatic rings. The van der Waals surface area contributed by atoms with Gasteiger partial charge in [-0.2, -0.15) is 12.6 Å². The molecule has 2 rings (SSSR count). The Morgan fingerprint density at radius 3 is 2.85 bits per heavy atom. The van der Waals surface area contributed by atoms with Crippen LogP contribution >= 0.6 is 12.6 Å². The van der Waals surface area contributed by atoms with Crippen molar-refractivity contribution in [2.45, 2.75) is 18.6 Å². The van der Waals surface area contributed by atoms with Crippen LogP contribution in [0.2, 0.25) is 0 Å². The quantitative estimate of drug-likeness (QED) is 0.687. The van der Waals surface area contributed by atoms with Gasteiger partial charge in [-0.25, -0.2) is 4.98 Å². The predicted octanol–water partition coefficient (Wildman–Crippen LogP) is 2.50. The molecule has 0 amide bonds. The minimum atomic E-state index is -0.0987. The highest BCUT2D eigenvalue weighted by Gasteiger charge is 2.14. The number of aromatic nitrogens is 2. The van der Waals surface area contributed by atoms with Crippen LogP contribution in [-0.4, -0.2) is 9.38 Å². The predicted molar refractivity (Wildman–Crippen MR) is 57.2 cm³/mol. The molecule has 0 aromatic carbocycles. The van der Waals surface area contributed by atoms with E-state index in [1.165, 1.54) is 5.56 Å². The Hall–Kier alpha value is -0.960. The molecule has 0 aliphatic carbocycles. The maximum Gasteiger partial charge on any atom is 0.136 e. The van der Waals surface area contributed by atoms with Crippen LogP contribution in [0.15, 0.2) is 30.7 Å². The zero-order chi connectivity index (χ0) is 9.47. The van der Waals surface area contributed by atoms with Crippen molar-refractivity contribution in [2.75, 3.05) is 0 Å². The van der Waals surface area contributed by atoms with Gasteiger partial charge in [0.05, 0.1) is 0 Å². The van der Waals surface area contributed by atoms with Crippen LogP contribution in [0.25, 0.3) is 5.65 Å². The lowest BCUT2D eigenvalue weighted by Gasteiger charge is -2.17. The maximum absolute atomic E-state index is 4.52. The van der Waals surface area contributed by atoms with Gasteiger partial charge < -0.3 is 4.40 Å². The molecule has 2 aromatic heterocycles. The van der Waals surface area contributed by atoms with Gasteiger partial charge in [-0.05, 0) is 25.5 Å². The Balaban J connectivity index is 2.61. The van der Waals surface area contributed by atoms with E-state index in [2.05, 4.69) is 43.7 Å². The third-order valence-electron chi connectivity index (χ3n) is 2.10. The Bertz CT molecular complexity index is 426. The number of hydrogen-bond donors (Lipinski definition) is 1. The number of nitrogens with zero attached hydrogens (tertiary/aromatic N) is 2. The van der Waals surface area contributed by atoms with Crippen molar-refractivity contribution >= 4 is 18.3 Å². The van der Waals surface area contributed by atoms with Gasteiger partial charge >= 0.3 is 0 Å². The first-order chi connectivity index (χ1) is 6.07. The first-order valence-electron chi connectivity index (χ1n) is 4.23. The highest BCUT2D eigenvalue weighted by molar-refractivity contribution is 7.81. The molecular formula is C10H12N2S. The molecule has 0 N–H and O–H groups in total. The molecular weight excluding hydrogens is 180 g/mol. The summed E-state index contributed by atoms with van der Waals surface area (Å²) in [6.45, 7) is 4.16. The summed E-state index contributed by atoms with van der Waals surface area (Å²) < 4.78 is 1.91. The smallest absolute Gasteiger partial charge is 0.136 e. The molecule has 2 heterocycles. The summed E-state index contributed by atoms with van der Waals surface area (Å²) in [5.41, 5.74) is 2.17. The Morgan fingerprint density at radius 1 is 1.38 bits per heavy atom. The standard InChI is InChI=1S/C10H12N2S/c1-10(2,13)8-3-4-9-11-5-6-12(9)7-8/h3-7,13H,1-2H3. The highest BCUT2D eigenvalue weighted by atomic mass is 32.1. The summed E-state index contributed by atoms with van der Waals surface area (Å²) in [5.74, 6) is 0. The van der Waals surface area contributed by atoms with Crippen LogP contribution in [0, 0.1) is 0 Å². The Labute approximate surface area is 83.0 Å². The van der Waals surface area contributed by atoms with E-state index in [-0.39, 0.29) is 4.75 Å². The van der Waals surface area contributed by atoms with Crippen LogP contribution in [0.1, 0.15) is 19.4 Å². The molecule has 0 spiro atoms. The van der Waals surface area contributed by atoms with Gasteiger partial charge in [-0.3, -0.25) is 0 Å². The SMILES string of the molecule is CC(C)(S)c1ccc2nccn2c1. The molecule has 0 saturated carbocycles. The summed E-state index contributed by atoms with van der Waals surface area (Å²) in [4.78, 5) is 4.18. The van der Waals surface area contributed by atoms with E-state index in [0.29, 0.717) is 0 Å². The van der Waals surface area contributed by atoms with E-state index in [1.807, 2.05) is 16.7 Å². The molecule has 0 bridgehead atoms. The van der Waals surface area contributed by atoms with Crippen molar-refractivity contribution in [1.29, 1.82) is 0 Å². The zero-order valence-corrected chi connectivity index (χ0v) is 8.62. The maximum atomic E-state index is 4.52. The molecule has 0 fully saturated rings. The molecule has 0 unspecified atom stereocenters. The molecule has 0 atom stereocenters. The van der Waals surface area contributed by atoms with Crippen molar-refractivity contribution in [1.82, 2.24) is 9.38 Å². The molecule has 0 radical (unpaired) electrons. The van der Waals surface area contributed by atoms with Crippen molar-refractivity contribution in [3.8, 4) is 0 Å². The fourth-order valence-electron chi connectivity index (χ4n) is 1.28. The Kier molecular flexibility index (Phi) is 1.84. The molecule has 2 nitrogen and oxygen atoms in total. The third-order valence-corrected chi connectivity index (χ3v) is 2.35. The highest BCUT2D eigenvalue weighted by Crippen LogP contribution is 2.26. The van der Waals surface area contributed by atoms with Crippen molar-refractivity contribution in [2.24, 2.45) is 0 Å².